The molecule has 94 valence electrons. The summed E-state index contributed by atoms with van der Waals surface area (Å²) >= 11 is 0. The number of aliphatic hydroxyl groups excluding tert-OH is 1. The van der Waals surface area contributed by atoms with E-state index in [1.807, 2.05) is 0 Å². The lowest BCUT2D eigenvalue weighted by Gasteiger charge is -2.30. The van der Waals surface area contributed by atoms with E-state index < -0.39 is 0 Å². The molecule has 0 spiro atoms. The third-order valence-electron chi connectivity index (χ3n) is 3.47. The van der Waals surface area contributed by atoms with E-state index in [1.54, 1.807) is 7.05 Å². The maximum atomic E-state index is 11.7. The Morgan fingerprint density at radius 2 is 2.25 bits per heavy atom. The van der Waals surface area contributed by atoms with Gasteiger partial charge in [-0.05, 0) is 18.8 Å². The van der Waals surface area contributed by atoms with Crippen LogP contribution in [0.25, 0.3) is 0 Å². The average Bonchev–Trinajstić information content (AvgIpc) is 2.29. The molecule has 2 amide bonds. The van der Waals surface area contributed by atoms with Crippen LogP contribution in [-0.2, 0) is 0 Å². The zero-order valence-corrected chi connectivity index (χ0v) is 10.4. The summed E-state index contributed by atoms with van der Waals surface area (Å²) in [5.41, 5.74) is 0. The van der Waals surface area contributed by atoms with Crippen molar-refractivity contribution in [3.05, 3.63) is 0 Å². The molecule has 0 bridgehead atoms. The maximum absolute atomic E-state index is 11.7. The molecule has 1 saturated carbocycles. The second-order valence-corrected chi connectivity index (χ2v) is 4.73. The normalized spacial score (nSPS) is 25.2. The Hall–Kier alpha value is -0.770. The minimum absolute atomic E-state index is 0.0200. The van der Waals surface area contributed by atoms with Crippen molar-refractivity contribution in [3.8, 4) is 0 Å². The SMILES string of the molecule is CCC1CCCC(NC(=O)N(C)CCO)C1. The van der Waals surface area contributed by atoms with E-state index >= 15 is 0 Å². The van der Waals surface area contributed by atoms with Crippen molar-refractivity contribution >= 4 is 6.03 Å². The van der Waals surface area contributed by atoms with Crippen molar-refractivity contribution in [2.45, 2.75) is 45.1 Å². The van der Waals surface area contributed by atoms with E-state index in [2.05, 4.69) is 12.2 Å². The fourth-order valence-corrected chi connectivity index (χ4v) is 2.33. The first kappa shape index (κ1) is 13.3. The van der Waals surface area contributed by atoms with Gasteiger partial charge < -0.3 is 15.3 Å². The number of hydrogen-bond donors (Lipinski definition) is 2. The van der Waals surface area contributed by atoms with Crippen LogP contribution in [0.4, 0.5) is 4.79 Å². The van der Waals surface area contributed by atoms with E-state index in [0.717, 1.165) is 18.8 Å². The van der Waals surface area contributed by atoms with Crippen LogP contribution in [0.2, 0.25) is 0 Å². The minimum atomic E-state index is -0.0594. The van der Waals surface area contributed by atoms with Crippen molar-refractivity contribution in [3.63, 3.8) is 0 Å². The molecule has 16 heavy (non-hydrogen) atoms. The smallest absolute Gasteiger partial charge is 0.317 e. The van der Waals surface area contributed by atoms with Gasteiger partial charge in [-0.15, -0.1) is 0 Å². The molecule has 0 aliphatic heterocycles. The monoisotopic (exact) mass is 228 g/mol. The second-order valence-electron chi connectivity index (χ2n) is 4.73. The molecule has 4 heteroatoms. The van der Waals surface area contributed by atoms with Crippen LogP contribution in [-0.4, -0.2) is 42.3 Å². The number of carbonyl (C=O) groups excluding carboxylic acids is 1. The van der Waals surface area contributed by atoms with Gasteiger partial charge in [-0.3, -0.25) is 0 Å². The number of nitrogens with zero attached hydrogens (tertiary/aromatic N) is 1. The number of hydrogen-bond acceptors (Lipinski definition) is 2. The molecule has 0 radical (unpaired) electrons. The van der Waals surface area contributed by atoms with E-state index in [9.17, 15) is 4.79 Å². The van der Waals surface area contributed by atoms with Crippen molar-refractivity contribution in [1.82, 2.24) is 10.2 Å². The first-order valence-corrected chi connectivity index (χ1v) is 6.29. The zero-order chi connectivity index (χ0) is 12.0. The number of urea groups is 1. The third kappa shape index (κ3) is 4.00. The third-order valence-corrected chi connectivity index (χ3v) is 3.47. The van der Waals surface area contributed by atoms with Gasteiger partial charge in [0.05, 0.1) is 6.61 Å². The number of rotatable bonds is 4. The Kier molecular flexibility index (Phi) is 5.60. The molecule has 0 aromatic heterocycles. The van der Waals surface area contributed by atoms with Crippen molar-refractivity contribution < 1.29 is 9.90 Å². The predicted octanol–water partition coefficient (Wildman–Crippen LogP) is 1.59. The highest BCUT2D eigenvalue weighted by molar-refractivity contribution is 5.74. The summed E-state index contributed by atoms with van der Waals surface area (Å²) in [6.07, 6.45) is 5.92. The summed E-state index contributed by atoms with van der Waals surface area (Å²) in [6.45, 7) is 2.63. The molecule has 2 N–H and O–H groups in total. The van der Waals surface area contributed by atoms with Crippen LogP contribution in [0.3, 0.4) is 0 Å². The number of likely N-dealkylation sites (N-methyl/N-ethyl adjacent to an activating group) is 1. The molecule has 1 aliphatic carbocycles. The highest BCUT2D eigenvalue weighted by Gasteiger charge is 2.22. The lowest BCUT2D eigenvalue weighted by molar-refractivity contribution is 0.180. The minimum Gasteiger partial charge on any atom is -0.395 e. The molecule has 1 rings (SSSR count). The molecule has 0 saturated heterocycles. The fraction of sp³-hybridized carbons (Fsp3) is 0.917. The van der Waals surface area contributed by atoms with Crippen LogP contribution >= 0.6 is 0 Å². The Morgan fingerprint density at radius 3 is 2.88 bits per heavy atom. The van der Waals surface area contributed by atoms with Gasteiger partial charge in [0, 0.05) is 19.6 Å². The van der Waals surface area contributed by atoms with Gasteiger partial charge >= 0.3 is 6.03 Å². The number of amides is 2. The van der Waals surface area contributed by atoms with Crippen LogP contribution in [0.15, 0.2) is 0 Å². The predicted molar refractivity (Wildman–Crippen MR) is 64.3 cm³/mol. The quantitative estimate of drug-likeness (QED) is 0.767. The van der Waals surface area contributed by atoms with E-state index in [1.165, 1.54) is 24.2 Å². The maximum Gasteiger partial charge on any atom is 0.317 e. The number of aliphatic hydroxyl groups is 1. The summed E-state index contributed by atoms with van der Waals surface area (Å²) in [6, 6.07) is 0.267. The van der Waals surface area contributed by atoms with Crippen molar-refractivity contribution in [2.75, 3.05) is 20.2 Å². The lowest BCUT2D eigenvalue weighted by atomic mass is 9.84. The Morgan fingerprint density at radius 1 is 1.50 bits per heavy atom. The Labute approximate surface area is 98.0 Å². The molecule has 4 nitrogen and oxygen atoms in total. The summed E-state index contributed by atoms with van der Waals surface area (Å²) in [4.78, 5) is 13.2. The number of carbonyl (C=O) groups is 1. The Bertz CT molecular complexity index is 221. The van der Waals surface area contributed by atoms with E-state index in [4.69, 9.17) is 5.11 Å². The van der Waals surface area contributed by atoms with E-state index in [-0.39, 0.29) is 12.6 Å². The average molecular weight is 228 g/mol. The molecule has 0 heterocycles. The van der Waals surface area contributed by atoms with Gasteiger partial charge in [0.15, 0.2) is 0 Å². The second kappa shape index (κ2) is 6.74. The van der Waals surface area contributed by atoms with Gasteiger partial charge in [-0.1, -0.05) is 26.2 Å². The van der Waals surface area contributed by atoms with Crippen LogP contribution in [0.1, 0.15) is 39.0 Å². The molecule has 2 atom stereocenters. The highest BCUT2D eigenvalue weighted by Crippen LogP contribution is 2.26. The molecular formula is C12H24N2O2. The summed E-state index contributed by atoms with van der Waals surface area (Å²) in [7, 11) is 1.71. The summed E-state index contributed by atoms with van der Waals surface area (Å²) in [5, 5.41) is 11.8. The van der Waals surface area contributed by atoms with E-state index in [0.29, 0.717) is 12.6 Å². The first-order valence-electron chi connectivity index (χ1n) is 6.29. The van der Waals surface area contributed by atoms with Crippen LogP contribution in [0.5, 0.6) is 0 Å². The lowest BCUT2D eigenvalue weighted by Crippen LogP contribution is -2.45. The van der Waals surface area contributed by atoms with Crippen LogP contribution in [0, 0.1) is 5.92 Å². The van der Waals surface area contributed by atoms with Gasteiger partial charge in [0.2, 0.25) is 0 Å². The van der Waals surface area contributed by atoms with Crippen LogP contribution < -0.4 is 5.32 Å². The number of nitrogens with one attached hydrogen (secondary N) is 1. The summed E-state index contributed by atoms with van der Waals surface area (Å²) in [5.74, 6) is 0.766. The Balaban J connectivity index is 2.32. The van der Waals surface area contributed by atoms with Crippen molar-refractivity contribution in [2.24, 2.45) is 5.92 Å². The van der Waals surface area contributed by atoms with Gasteiger partial charge in [-0.25, -0.2) is 4.79 Å². The first-order chi connectivity index (χ1) is 7.67. The molecule has 0 aromatic carbocycles. The van der Waals surface area contributed by atoms with Gasteiger partial charge in [0.1, 0.15) is 0 Å². The molecule has 2 unspecified atom stereocenters. The van der Waals surface area contributed by atoms with Gasteiger partial charge in [0.25, 0.3) is 0 Å². The molecule has 0 aromatic rings. The molecule has 1 fully saturated rings. The fourth-order valence-electron chi connectivity index (χ4n) is 2.33. The largest absolute Gasteiger partial charge is 0.395 e. The summed E-state index contributed by atoms with van der Waals surface area (Å²) < 4.78 is 0. The topological polar surface area (TPSA) is 52.6 Å². The zero-order valence-electron chi connectivity index (χ0n) is 10.4. The van der Waals surface area contributed by atoms with Crippen molar-refractivity contribution in [1.29, 1.82) is 0 Å². The standard InChI is InChI=1S/C12H24N2O2/c1-3-10-5-4-6-11(9-10)13-12(16)14(2)7-8-15/h10-11,15H,3-9H2,1-2H3,(H,13,16). The molecular weight excluding hydrogens is 204 g/mol. The molecule has 1 aliphatic rings. The highest BCUT2D eigenvalue weighted by atomic mass is 16.3. The van der Waals surface area contributed by atoms with Gasteiger partial charge in [-0.2, -0.15) is 0 Å².